The van der Waals surface area contributed by atoms with Crippen LogP contribution in [-0.2, 0) is 0 Å². The molecular formula is C26H48N. The Bertz CT molecular complexity index is 380. The van der Waals surface area contributed by atoms with Crippen molar-refractivity contribution in [1.82, 2.24) is 5.32 Å². The number of hydrogen-bond acceptors (Lipinski definition) is 0. The Morgan fingerprint density at radius 1 is 0.519 bits per heavy atom. The van der Waals surface area contributed by atoms with E-state index in [4.69, 9.17) is 0 Å². The fourth-order valence-corrected chi connectivity index (χ4v) is 4.08. The van der Waals surface area contributed by atoms with E-state index in [2.05, 4.69) is 25.2 Å². The molecule has 0 saturated heterocycles. The molecule has 1 radical (unpaired) electrons. The van der Waals surface area contributed by atoms with Crippen molar-refractivity contribution in [3.63, 3.8) is 0 Å². The maximum absolute atomic E-state index is 4.64. The molecule has 157 valence electrons. The van der Waals surface area contributed by atoms with Crippen molar-refractivity contribution >= 4 is 0 Å². The summed E-state index contributed by atoms with van der Waals surface area (Å²) in [5.41, 5.74) is 2.94. The second-order valence-corrected chi connectivity index (χ2v) is 8.57. The predicted molar refractivity (Wildman–Crippen MR) is 122 cm³/mol. The van der Waals surface area contributed by atoms with Crippen LogP contribution in [0.15, 0.2) is 23.5 Å². The van der Waals surface area contributed by atoms with E-state index < -0.39 is 0 Å². The summed E-state index contributed by atoms with van der Waals surface area (Å²) in [4.78, 5) is 0. The molecule has 0 aromatic heterocycles. The van der Waals surface area contributed by atoms with Gasteiger partial charge in [0.05, 0.1) is 0 Å². The van der Waals surface area contributed by atoms with Crippen molar-refractivity contribution in [2.75, 3.05) is 0 Å². The lowest BCUT2D eigenvalue weighted by atomic mass is 10.0. The largest absolute Gasteiger partial charge is 0.261 e. The molecule has 0 saturated carbocycles. The van der Waals surface area contributed by atoms with Gasteiger partial charge in [0.15, 0.2) is 0 Å². The Morgan fingerprint density at radius 3 is 1.41 bits per heavy atom. The van der Waals surface area contributed by atoms with E-state index >= 15 is 0 Å². The fraction of sp³-hybridized carbons (Fsp3) is 0.846. The van der Waals surface area contributed by atoms with Gasteiger partial charge >= 0.3 is 0 Å². The van der Waals surface area contributed by atoms with Gasteiger partial charge in [-0.3, -0.25) is 5.32 Å². The zero-order valence-corrected chi connectivity index (χ0v) is 18.7. The first-order chi connectivity index (χ1) is 13.4. The number of hydrogen-bond donors (Lipinski definition) is 0. The van der Waals surface area contributed by atoms with E-state index in [1.54, 1.807) is 0 Å². The average molecular weight is 375 g/mol. The maximum Gasteiger partial charge on any atom is 0.0436 e. The van der Waals surface area contributed by atoms with Crippen molar-refractivity contribution in [3.8, 4) is 0 Å². The maximum atomic E-state index is 4.64. The highest BCUT2D eigenvalue weighted by molar-refractivity contribution is 5.31. The Kier molecular flexibility index (Phi) is 16.8. The number of rotatable bonds is 20. The summed E-state index contributed by atoms with van der Waals surface area (Å²) >= 11 is 0. The summed E-state index contributed by atoms with van der Waals surface area (Å²) in [6, 6.07) is 0. The zero-order valence-electron chi connectivity index (χ0n) is 18.7. The Hall–Kier alpha value is -0.720. The lowest BCUT2D eigenvalue weighted by Crippen LogP contribution is -1.96. The molecule has 0 aliphatic carbocycles. The van der Waals surface area contributed by atoms with Gasteiger partial charge < -0.3 is 0 Å². The van der Waals surface area contributed by atoms with E-state index in [1.807, 2.05) is 6.20 Å². The highest BCUT2D eigenvalue weighted by atomic mass is 14.9. The molecule has 1 nitrogen and oxygen atoms in total. The molecule has 1 heteroatoms. The van der Waals surface area contributed by atoms with Gasteiger partial charge in [-0.25, -0.2) is 0 Å². The molecule has 1 aliphatic heterocycles. The number of nitrogens with zero attached hydrogens (tertiary/aromatic N) is 1. The third-order valence-electron chi connectivity index (χ3n) is 5.94. The van der Waals surface area contributed by atoms with Crippen LogP contribution in [0.2, 0.25) is 0 Å². The second kappa shape index (κ2) is 18.6. The molecule has 1 aliphatic rings. The summed E-state index contributed by atoms with van der Waals surface area (Å²) in [5.74, 6) is 0. The normalized spacial score (nSPS) is 13.6. The first-order valence-corrected chi connectivity index (χ1v) is 12.5. The van der Waals surface area contributed by atoms with Gasteiger partial charge in [0.25, 0.3) is 0 Å². The fourth-order valence-electron chi connectivity index (χ4n) is 4.08. The standard InChI is InChI=1S/C26H48N/c1-3-5-7-9-11-13-15-17-19-21-25-23-24-27-26(25)22-20-18-16-14-12-10-8-6-4-2/h23-24H,3-22H2,1-2H3. The SMILES string of the molecule is CCCCCCCCCCCC1=C(CCCCCCCCCCC)[N]C=C1. The van der Waals surface area contributed by atoms with Crippen LogP contribution in [-0.4, -0.2) is 0 Å². The molecule has 0 atom stereocenters. The van der Waals surface area contributed by atoms with Gasteiger partial charge in [-0.1, -0.05) is 117 Å². The Morgan fingerprint density at radius 2 is 0.926 bits per heavy atom. The van der Waals surface area contributed by atoms with Crippen LogP contribution in [0.3, 0.4) is 0 Å². The lowest BCUT2D eigenvalue weighted by molar-refractivity contribution is 0.559. The first-order valence-electron chi connectivity index (χ1n) is 12.5. The van der Waals surface area contributed by atoms with Crippen LogP contribution in [0.4, 0.5) is 0 Å². The molecule has 0 aromatic carbocycles. The third-order valence-corrected chi connectivity index (χ3v) is 5.94. The summed E-state index contributed by atoms with van der Waals surface area (Å²) < 4.78 is 0. The summed E-state index contributed by atoms with van der Waals surface area (Å²) in [6.07, 6.45) is 32.2. The monoisotopic (exact) mass is 374 g/mol. The highest BCUT2D eigenvalue weighted by Crippen LogP contribution is 2.24. The van der Waals surface area contributed by atoms with Gasteiger partial charge in [0.1, 0.15) is 0 Å². The van der Waals surface area contributed by atoms with Gasteiger partial charge in [-0.05, 0) is 37.3 Å². The first kappa shape index (κ1) is 24.3. The van der Waals surface area contributed by atoms with Crippen LogP contribution in [0.5, 0.6) is 0 Å². The average Bonchev–Trinajstić information content (AvgIpc) is 3.12. The molecule has 0 aromatic rings. The topological polar surface area (TPSA) is 14.1 Å². The van der Waals surface area contributed by atoms with Crippen LogP contribution < -0.4 is 5.32 Å². The number of unbranched alkanes of at least 4 members (excludes halogenated alkanes) is 16. The quantitative estimate of drug-likeness (QED) is 0.188. The van der Waals surface area contributed by atoms with E-state index in [0.717, 1.165) is 0 Å². The molecule has 0 bridgehead atoms. The Labute approximate surface area is 171 Å². The van der Waals surface area contributed by atoms with E-state index in [1.165, 1.54) is 140 Å². The number of allylic oxidation sites excluding steroid dienone is 3. The summed E-state index contributed by atoms with van der Waals surface area (Å²) in [6.45, 7) is 4.59. The zero-order chi connectivity index (χ0) is 19.4. The van der Waals surface area contributed by atoms with Crippen molar-refractivity contribution < 1.29 is 0 Å². The molecule has 27 heavy (non-hydrogen) atoms. The van der Waals surface area contributed by atoms with E-state index in [0.29, 0.717) is 0 Å². The van der Waals surface area contributed by atoms with Crippen LogP contribution >= 0.6 is 0 Å². The lowest BCUT2D eigenvalue weighted by Gasteiger charge is -2.07. The molecule has 0 N–H and O–H groups in total. The van der Waals surface area contributed by atoms with E-state index in [-0.39, 0.29) is 0 Å². The minimum atomic E-state index is 1.20. The van der Waals surface area contributed by atoms with Crippen molar-refractivity contribution in [2.45, 2.75) is 142 Å². The van der Waals surface area contributed by atoms with Crippen LogP contribution in [0.1, 0.15) is 142 Å². The van der Waals surface area contributed by atoms with Gasteiger partial charge in [0, 0.05) is 11.9 Å². The minimum absolute atomic E-state index is 1.20. The molecule has 0 unspecified atom stereocenters. The van der Waals surface area contributed by atoms with Crippen LogP contribution in [0.25, 0.3) is 0 Å². The van der Waals surface area contributed by atoms with Gasteiger partial charge in [-0.15, -0.1) is 0 Å². The molecular weight excluding hydrogens is 326 g/mol. The summed E-state index contributed by atoms with van der Waals surface area (Å²) in [7, 11) is 0. The minimum Gasteiger partial charge on any atom is -0.261 e. The summed E-state index contributed by atoms with van der Waals surface area (Å²) in [5, 5.41) is 4.64. The second-order valence-electron chi connectivity index (χ2n) is 8.57. The van der Waals surface area contributed by atoms with Crippen molar-refractivity contribution in [3.05, 3.63) is 23.5 Å². The molecule has 0 spiro atoms. The Balaban J connectivity index is 1.96. The molecule has 0 amide bonds. The third kappa shape index (κ3) is 14.0. The van der Waals surface area contributed by atoms with E-state index in [9.17, 15) is 0 Å². The molecule has 1 heterocycles. The molecule has 1 rings (SSSR count). The van der Waals surface area contributed by atoms with Gasteiger partial charge in [0.2, 0.25) is 0 Å². The highest BCUT2D eigenvalue weighted by Gasteiger charge is 2.09. The van der Waals surface area contributed by atoms with Crippen LogP contribution in [0, 0.1) is 0 Å². The van der Waals surface area contributed by atoms with Crippen molar-refractivity contribution in [2.24, 2.45) is 0 Å². The van der Waals surface area contributed by atoms with Crippen molar-refractivity contribution in [1.29, 1.82) is 0 Å². The molecule has 0 fully saturated rings. The predicted octanol–water partition coefficient (Wildman–Crippen LogP) is 9.21. The van der Waals surface area contributed by atoms with Gasteiger partial charge in [-0.2, -0.15) is 0 Å². The smallest absolute Gasteiger partial charge is 0.0436 e.